The van der Waals surface area contributed by atoms with Crippen molar-refractivity contribution < 1.29 is 27.0 Å². The summed E-state index contributed by atoms with van der Waals surface area (Å²) in [4.78, 5) is 0. The fraction of sp³-hybridized carbons (Fsp3) is 0.429. The fourth-order valence-electron chi connectivity index (χ4n) is 1.64. The van der Waals surface area contributed by atoms with Crippen LogP contribution in [0.4, 0.5) is 17.6 Å². The van der Waals surface area contributed by atoms with Crippen molar-refractivity contribution in [2.24, 2.45) is 0 Å². The van der Waals surface area contributed by atoms with E-state index in [4.69, 9.17) is 0 Å². The molecule has 21 heavy (non-hydrogen) atoms. The van der Waals surface area contributed by atoms with Crippen molar-refractivity contribution in [3.63, 3.8) is 0 Å². The molecular formula is C14H17F4NO2. The van der Waals surface area contributed by atoms with Crippen molar-refractivity contribution >= 4 is 0 Å². The third kappa shape index (κ3) is 6.99. The van der Waals surface area contributed by atoms with Gasteiger partial charge >= 0.3 is 13.2 Å². The number of hydrogen-bond donors (Lipinski definition) is 1. The lowest BCUT2D eigenvalue weighted by atomic mass is 10.2. The third-order valence-electron chi connectivity index (χ3n) is 2.52. The van der Waals surface area contributed by atoms with Gasteiger partial charge in [0.1, 0.15) is 11.5 Å². The van der Waals surface area contributed by atoms with Gasteiger partial charge in [-0.05, 0) is 26.0 Å². The molecule has 0 amide bonds. The van der Waals surface area contributed by atoms with Crippen LogP contribution < -0.4 is 14.8 Å². The zero-order chi connectivity index (χ0) is 15.7. The lowest BCUT2D eigenvalue weighted by molar-refractivity contribution is -0.0546. The van der Waals surface area contributed by atoms with E-state index in [1.807, 2.05) is 19.1 Å². The van der Waals surface area contributed by atoms with Gasteiger partial charge in [0.25, 0.3) is 0 Å². The number of allylic oxidation sites excluding steroid dienone is 1. The molecule has 0 aliphatic rings. The van der Waals surface area contributed by atoms with E-state index in [2.05, 4.69) is 14.8 Å². The second-order valence-corrected chi connectivity index (χ2v) is 4.06. The van der Waals surface area contributed by atoms with Gasteiger partial charge in [-0.15, -0.1) is 0 Å². The zero-order valence-corrected chi connectivity index (χ0v) is 11.5. The normalized spacial score (nSPS) is 11.6. The number of alkyl halides is 4. The molecule has 0 bridgehead atoms. The van der Waals surface area contributed by atoms with Crippen molar-refractivity contribution in [1.82, 2.24) is 5.32 Å². The van der Waals surface area contributed by atoms with Crippen LogP contribution in [0.1, 0.15) is 18.9 Å². The highest BCUT2D eigenvalue weighted by Gasteiger charge is 2.13. The standard InChI is InChI=1S/C14H17F4NO2/c1-2-3-4-7-19-9-10-5-6-11(20-13(15)16)8-12(10)21-14(17)18/h2-3,5-6,8,13-14,19H,4,7,9H2,1H3/b3-2+. The summed E-state index contributed by atoms with van der Waals surface area (Å²) in [5, 5.41) is 3.05. The summed E-state index contributed by atoms with van der Waals surface area (Å²) in [5.74, 6) is -0.403. The average molecular weight is 307 g/mol. The maximum Gasteiger partial charge on any atom is 0.387 e. The largest absolute Gasteiger partial charge is 0.435 e. The van der Waals surface area contributed by atoms with Crippen molar-refractivity contribution in [2.75, 3.05) is 6.54 Å². The number of benzene rings is 1. The SMILES string of the molecule is C/C=C/CCNCc1ccc(OC(F)F)cc1OC(F)F. The summed E-state index contributed by atoms with van der Waals surface area (Å²) in [5.41, 5.74) is 0.442. The van der Waals surface area contributed by atoms with Gasteiger partial charge in [0.15, 0.2) is 0 Å². The maximum absolute atomic E-state index is 12.3. The first kappa shape index (κ1) is 17.3. The molecule has 0 atom stereocenters. The van der Waals surface area contributed by atoms with Crippen molar-refractivity contribution in [3.8, 4) is 11.5 Å². The predicted octanol–water partition coefficient (Wildman–Crippen LogP) is 3.95. The predicted molar refractivity (Wildman–Crippen MR) is 70.8 cm³/mol. The van der Waals surface area contributed by atoms with Crippen LogP contribution in [0.2, 0.25) is 0 Å². The minimum Gasteiger partial charge on any atom is -0.435 e. The van der Waals surface area contributed by atoms with E-state index in [1.165, 1.54) is 12.1 Å². The zero-order valence-electron chi connectivity index (χ0n) is 11.5. The van der Waals surface area contributed by atoms with E-state index in [1.54, 1.807) is 0 Å². The number of halogens is 4. The van der Waals surface area contributed by atoms with Crippen LogP contribution in [0.15, 0.2) is 30.4 Å². The number of ether oxygens (including phenoxy) is 2. The highest BCUT2D eigenvalue weighted by atomic mass is 19.3. The molecule has 1 aromatic rings. The van der Waals surface area contributed by atoms with E-state index < -0.39 is 13.2 Å². The van der Waals surface area contributed by atoms with Gasteiger partial charge in [0.2, 0.25) is 0 Å². The average Bonchev–Trinajstić information content (AvgIpc) is 2.39. The van der Waals surface area contributed by atoms with Gasteiger partial charge in [-0.3, -0.25) is 0 Å². The van der Waals surface area contributed by atoms with Gasteiger partial charge < -0.3 is 14.8 Å². The topological polar surface area (TPSA) is 30.5 Å². The number of nitrogens with one attached hydrogen (secondary N) is 1. The van der Waals surface area contributed by atoms with Crippen LogP contribution in [0, 0.1) is 0 Å². The van der Waals surface area contributed by atoms with Crippen LogP contribution in [-0.4, -0.2) is 19.8 Å². The molecule has 0 saturated carbocycles. The molecule has 0 aliphatic carbocycles. The minimum atomic E-state index is -3.03. The van der Waals surface area contributed by atoms with Gasteiger partial charge in [-0.2, -0.15) is 17.6 Å². The summed E-state index contributed by atoms with van der Waals surface area (Å²) >= 11 is 0. The van der Waals surface area contributed by atoms with E-state index in [-0.39, 0.29) is 18.0 Å². The van der Waals surface area contributed by atoms with E-state index in [0.717, 1.165) is 12.5 Å². The highest BCUT2D eigenvalue weighted by Crippen LogP contribution is 2.27. The maximum atomic E-state index is 12.3. The first-order valence-electron chi connectivity index (χ1n) is 6.37. The summed E-state index contributed by atoms with van der Waals surface area (Å²) < 4.78 is 57.4. The minimum absolute atomic E-state index is 0.179. The molecule has 0 heterocycles. The van der Waals surface area contributed by atoms with E-state index in [0.29, 0.717) is 12.1 Å². The Balaban J connectivity index is 2.71. The smallest absolute Gasteiger partial charge is 0.387 e. The van der Waals surface area contributed by atoms with Crippen LogP contribution in [0.5, 0.6) is 11.5 Å². The quantitative estimate of drug-likeness (QED) is 0.426. The Kier molecular flexibility index (Phi) is 7.60. The lowest BCUT2D eigenvalue weighted by Gasteiger charge is -2.13. The molecule has 0 aliphatic heterocycles. The van der Waals surface area contributed by atoms with Gasteiger partial charge in [0.05, 0.1) is 0 Å². The molecule has 0 saturated heterocycles. The Morgan fingerprint density at radius 3 is 2.48 bits per heavy atom. The molecule has 1 N–H and O–H groups in total. The molecule has 118 valence electrons. The molecule has 3 nitrogen and oxygen atoms in total. The van der Waals surface area contributed by atoms with Crippen molar-refractivity contribution in [2.45, 2.75) is 33.1 Å². The lowest BCUT2D eigenvalue weighted by Crippen LogP contribution is -2.16. The Labute approximate surface area is 120 Å². The summed E-state index contributed by atoms with van der Waals surface area (Å²) in [6, 6.07) is 3.73. The molecule has 0 spiro atoms. The molecule has 0 unspecified atom stereocenters. The Bertz CT molecular complexity index is 453. The molecule has 0 radical (unpaired) electrons. The van der Waals surface area contributed by atoms with Gasteiger partial charge in [-0.1, -0.05) is 18.2 Å². The number of rotatable bonds is 9. The first-order chi connectivity index (χ1) is 10.0. The van der Waals surface area contributed by atoms with Crippen LogP contribution in [0.3, 0.4) is 0 Å². The van der Waals surface area contributed by atoms with Gasteiger partial charge in [-0.25, -0.2) is 0 Å². The Morgan fingerprint density at radius 1 is 1.14 bits per heavy atom. The molecule has 0 aromatic heterocycles. The third-order valence-corrected chi connectivity index (χ3v) is 2.52. The molecule has 7 heteroatoms. The number of hydrogen-bond acceptors (Lipinski definition) is 3. The second kappa shape index (κ2) is 9.23. The van der Waals surface area contributed by atoms with E-state index >= 15 is 0 Å². The van der Waals surface area contributed by atoms with Crippen molar-refractivity contribution in [1.29, 1.82) is 0 Å². The van der Waals surface area contributed by atoms with E-state index in [9.17, 15) is 17.6 Å². The van der Waals surface area contributed by atoms with Crippen LogP contribution in [-0.2, 0) is 6.54 Å². The molecule has 1 aromatic carbocycles. The second-order valence-electron chi connectivity index (χ2n) is 4.06. The molecule has 0 fully saturated rings. The van der Waals surface area contributed by atoms with Crippen LogP contribution >= 0.6 is 0 Å². The highest BCUT2D eigenvalue weighted by molar-refractivity contribution is 5.40. The monoisotopic (exact) mass is 307 g/mol. The Hall–Kier alpha value is -1.76. The summed E-state index contributed by atoms with van der Waals surface area (Å²) in [7, 11) is 0. The van der Waals surface area contributed by atoms with Crippen molar-refractivity contribution in [3.05, 3.63) is 35.9 Å². The Morgan fingerprint density at radius 2 is 1.86 bits per heavy atom. The van der Waals surface area contributed by atoms with Gasteiger partial charge in [0, 0.05) is 18.2 Å². The summed E-state index contributed by atoms with van der Waals surface area (Å²) in [6.45, 7) is -3.21. The summed E-state index contributed by atoms with van der Waals surface area (Å²) in [6.07, 6.45) is 4.67. The molecule has 1 rings (SSSR count). The fourth-order valence-corrected chi connectivity index (χ4v) is 1.64. The first-order valence-corrected chi connectivity index (χ1v) is 6.37. The molecular weight excluding hydrogens is 290 g/mol. The van der Waals surface area contributed by atoms with Crippen LogP contribution in [0.25, 0.3) is 0 Å².